The van der Waals surface area contributed by atoms with Crippen LogP contribution in [0.15, 0.2) is 29.2 Å². The summed E-state index contributed by atoms with van der Waals surface area (Å²) < 4.78 is 27.0. The molecule has 0 aromatic heterocycles. The molecule has 1 amide bonds. The summed E-state index contributed by atoms with van der Waals surface area (Å²) in [5, 5.41) is 2.83. The first-order valence-corrected chi connectivity index (χ1v) is 10.1. The van der Waals surface area contributed by atoms with E-state index in [2.05, 4.69) is 5.32 Å². The van der Waals surface area contributed by atoms with Crippen molar-refractivity contribution in [3.63, 3.8) is 0 Å². The highest BCUT2D eigenvalue weighted by atomic mass is 32.2. The molecular weight excluding hydrogens is 324 g/mol. The number of benzene rings is 1. The number of nitrogens with one attached hydrogen (secondary N) is 1. The van der Waals surface area contributed by atoms with Gasteiger partial charge in [0.1, 0.15) is 0 Å². The average Bonchev–Trinajstić information content (AvgIpc) is 2.59. The lowest BCUT2D eigenvalue weighted by Gasteiger charge is -2.30. The van der Waals surface area contributed by atoms with Crippen LogP contribution in [-0.2, 0) is 10.0 Å². The summed E-state index contributed by atoms with van der Waals surface area (Å²) in [4.78, 5) is 12.3. The summed E-state index contributed by atoms with van der Waals surface area (Å²) >= 11 is 0. The van der Waals surface area contributed by atoms with Crippen LogP contribution >= 0.6 is 0 Å². The zero-order valence-corrected chi connectivity index (χ0v) is 15.6. The number of nitrogens with zero attached hydrogens (tertiary/aromatic N) is 1. The van der Waals surface area contributed by atoms with Crippen molar-refractivity contribution >= 4 is 15.9 Å². The first-order valence-electron chi connectivity index (χ1n) is 8.68. The van der Waals surface area contributed by atoms with Gasteiger partial charge < -0.3 is 5.32 Å². The SMILES string of the molecule is CC(C)CNC(=O)c1ccc(S(=O)(=O)N(C)C2CCCCC2)cc1. The van der Waals surface area contributed by atoms with E-state index >= 15 is 0 Å². The number of hydrogen-bond donors (Lipinski definition) is 1. The summed E-state index contributed by atoms with van der Waals surface area (Å²) in [6, 6.07) is 6.30. The third-order valence-electron chi connectivity index (χ3n) is 4.55. The first kappa shape index (κ1) is 18.9. The summed E-state index contributed by atoms with van der Waals surface area (Å²) in [7, 11) is -1.84. The van der Waals surface area contributed by atoms with Crippen LogP contribution in [0.4, 0.5) is 0 Å². The maximum absolute atomic E-state index is 12.8. The van der Waals surface area contributed by atoms with Crippen LogP contribution in [0.25, 0.3) is 0 Å². The molecule has 1 N–H and O–H groups in total. The smallest absolute Gasteiger partial charge is 0.251 e. The monoisotopic (exact) mass is 352 g/mol. The maximum atomic E-state index is 12.8. The Morgan fingerprint density at radius 2 is 1.75 bits per heavy atom. The number of amides is 1. The molecule has 0 radical (unpaired) electrons. The van der Waals surface area contributed by atoms with Crippen molar-refractivity contribution in [2.24, 2.45) is 5.92 Å². The number of carbonyl (C=O) groups is 1. The summed E-state index contributed by atoms with van der Waals surface area (Å²) in [5.74, 6) is 0.200. The first-order chi connectivity index (χ1) is 11.3. The van der Waals surface area contributed by atoms with Gasteiger partial charge in [-0.05, 0) is 43.0 Å². The highest BCUT2D eigenvalue weighted by Gasteiger charge is 2.29. The lowest BCUT2D eigenvalue weighted by atomic mass is 9.96. The summed E-state index contributed by atoms with van der Waals surface area (Å²) in [5.41, 5.74) is 0.481. The lowest BCUT2D eigenvalue weighted by molar-refractivity contribution is 0.0949. The Balaban J connectivity index is 2.09. The predicted octanol–water partition coefficient (Wildman–Crippen LogP) is 3.03. The lowest BCUT2D eigenvalue weighted by Crippen LogP contribution is -2.38. The second-order valence-corrected chi connectivity index (χ2v) is 8.94. The van der Waals surface area contributed by atoms with Crippen molar-refractivity contribution in [1.82, 2.24) is 9.62 Å². The van der Waals surface area contributed by atoms with Crippen molar-refractivity contribution < 1.29 is 13.2 Å². The maximum Gasteiger partial charge on any atom is 0.251 e. The van der Waals surface area contributed by atoms with Crippen LogP contribution < -0.4 is 5.32 Å². The van der Waals surface area contributed by atoms with Gasteiger partial charge in [0.2, 0.25) is 10.0 Å². The molecule has 0 heterocycles. The zero-order valence-electron chi connectivity index (χ0n) is 14.8. The molecule has 6 heteroatoms. The second kappa shape index (κ2) is 8.12. The third-order valence-corrected chi connectivity index (χ3v) is 6.48. The van der Waals surface area contributed by atoms with Crippen LogP contribution in [-0.4, -0.2) is 38.3 Å². The molecule has 2 rings (SSSR count). The molecule has 24 heavy (non-hydrogen) atoms. The molecule has 0 bridgehead atoms. The Morgan fingerprint density at radius 1 is 1.17 bits per heavy atom. The number of hydrogen-bond acceptors (Lipinski definition) is 3. The fraction of sp³-hybridized carbons (Fsp3) is 0.611. The van der Waals surface area contributed by atoms with E-state index in [-0.39, 0.29) is 16.8 Å². The number of rotatable bonds is 6. The van der Waals surface area contributed by atoms with Gasteiger partial charge in [-0.3, -0.25) is 4.79 Å². The van der Waals surface area contributed by atoms with E-state index in [0.29, 0.717) is 18.0 Å². The second-order valence-electron chi connectivity index (χ2n) is 6.94. The van der Waals surface area contributed by atoms with Gasteiger partial charge >= 0.3 is 0 Å². The van der Waals surface area contributed by atoms with Crippen LogP contribution in [0.1, 0.15) is 56.3 Å². The molecule has 0 saturated heterocycles. The molecule has 0 atom stereocenters. The molecular formula is C18H28N2O3S. The van der Waals surface area contributed by atoms with Gasteiger partial charge in [-0.1, -0.05) is 33.1 Å². The standard InChI is InChI=1S/C18H28N2O3S/c1-14(2)13-19-18(21)15-9-11-17(12-10-15)24(22,23)20(3)16-7-5-4-6-8-16/h9-12,14,16H,4-8,13H2,1-3H3,(H,19,21). The van der Waals surface area contributed by atoms with Crippen LogP contribution in [0.5, 0.6) is 0 Å². The fourth-order valence-corrected chi connectivity index (χ4v) is 4.40. The van der Waals surface area contributed by atoms with Crippen LogP contribution in [0, 0.1) is 5.92 Å². The minimum absolute atomic E-state index is 0.0813. The van der Waals surface area contributed by atoms with Gasteiger partial charge in [0.25, 0.3) is 5.91 Å². The van der Waals surface area contributed by atoms with Gasteiger partial charge in [-0.2, -0.15) is 4.31 Å². The molecule has 1 aromatic rings. The van der Waals surface area contributed by atoms with Gasteiger partial charge in [-0.25, -0.2) is 8.42 Å². The normalized spacial score (nSPS) is 16.5. The molecule has 1 aliphatic carbocycles. The zero-order chi connectivity index (χ0) is 17.7. The van der Waals surface area contributed by atoms with E-state index in [9.17, 15) is 13.2 Å². The van der Waals surface area contributed by atoms with E-state index in [4.69, 9.17) is 0 Å². The van der Waals surface area contributed by atoms with E-state index in [1.807, 2.05) is 13.8 Å². The van der Waals surface area contributed by atoms with E-state index < -0.39 is 10.0 Å². The molecule has 5 nitrogen and oxygen atoms in total. The van der Waals surface area contributed by atoms with Gasteiger partial charge in [-0.15, -0.1) is 0 Å². The van der Waals surface area contributed by atoms with Gasteiger partial charge in [0.05, 0.1) is 4.90 Å². The van der Waals surface area contributed by atoms with Crippen molar-refractivity contribution in [1.29, 1.82) is 0 Å². The Kier molecular flexibility index (Phi) is 6.40. The third kappa shape index (κ3) is 4.57. The Bertz CT molecular complexity index is 647. The summed E-state index contributed by atoms with van der Waals surface area (Å²) in [6.45, 7) is 4.65. The van der Waals surface area contributed by atoms with Crippen molar-refractivity contribution in [3.05, 3.63) is 29.8 Å². The minimum atomic E-state index is -3.51. The Labute approximate surface area is 145 Å². The molecule has 0 unspecified atom stereocenters. The van der Waals surface area contributed by atoms with Gasteiger partial charge in [0.15, 0.2) is 0 Å². The minimum Gasteiger partial charge on any atom is -0.352 e. The molecule has 0 spiro atoms. The Hall–Kier alpha value is -1.40. The number of sulfonamides is 1. The summed E-state index contributed by atoms with van der Waals surface area (Å²) in [6.07, 6.45) is 5.19. The van der Waals surface area contributed by atoms with Crippen molar-refractivity contribution in [2.45, 2.75) is 56.9 Å². The van der Waals surface area contributed by atoms with Gasteiger partial charge in [0, 0.05) is 25.2 Å². The quantitative estimate of drug-likeness (QED) is 0.856. The van der Waals surface area contributed by atoms with E-state index in [0.717, 1.165) is 25.7 Å². The molecule has 1 saturated carbocycles. The molecule has 0 aliphatic heterocycles. The van der Waals surface area contributed by atoms with E-state index in [1.54, 1.807) is 19.2 Å². The van der Waals surface area contributed by atoms with Crippen LogP contribution in [0.2, 0.25) is 0 Å². The van der Waals surface area contributed by atoms with E-state index in [1.165, 1.54) is 22.9 Å². The molecule has 134 valence electrons. The molecule has 1 aliphatic rings. The highest BCUT2D eigenvalue weighted by Crippen LogP contribution is 2.26. The average molecular weight is 353 g/mol. The Morgan fingerprint density at radius 3 is 2.29 bits per heavy atom. The topological polar surface area (TPSA) is 66.5 Å². The van der Waals surface area contributed by atoms with Crippen molar-refractivity contribution in [2.75, 3.05) is 13.6 Å². The molecule has 1 fully saturated rings. The fourth-order valence-electron chi connectivity index (χ4n) is 2.98. The van der Waals surface area contributed by atoms with Crippen molar-refractivity contribution in [3.8, 4) is 0 Å². The predicted molar refractivity (Wildman–Crippen MR) is 95.4 cm³/mol. The number of carbonyl (C=O) groups excluding carboxylic acids is 1. The molecule has 1 aromatic carbocycles. The highest BCUT2D eigenvalue weighted by molar-refractivity contribution is 7.89. The van der Waals surface area contributed by atoms with Crippen LogP contribution in [0.3, 0.4) is 0 Å². The largest absolute Gasteiger partial charge is 0.352 e.